The van der Waals surface area contributed by atoms with Crippen LogP contribution in [0.1, 0.15) is 5.56 Å². The van der Waals surface area contributed by atoms with Gasteiger partial charge in [0, 0.05) is 0 Å². The quantitative estimate of drug-likeness (QED) is 0.716. The van der Waals surface area contributed by atoms with Gasteiger partial charge in [-0.2, -0.15) is 5.26 Å². The van der Waals surface area contributed by atoms with Crippen molar-refractivity contribution >= 4 is 23.2 Å². The fourth-order valence-corrected chi connectivity index (χ4v) is 1.75. The highest BCUT2D eigenvalue weighted by atomic mass is 35.5. The molecule has 0 radical (unpaired) electrons. The summed E-state index contributed by atoms with van der Waals surface area (Å²) in [6.07, 6.45) is 0. The zero-order valence-electron chi connectivity index (χ0n) is 7.77. The van der Waals surface area contributed by atoms with Gasteiger partial charge in [-0.25, -0.2) is 0 Å². The zero-order valence-corrected chi connectivity index (χ0v) is 8.53. The van der Waals surface area contributed by atoms with Gasteiger partial charge in [-0.15, -0.1) is 0 Å². The standard InChI is InChI=1S/C10H8ClN3O/c11-7-3-6(4-12)1-2-9(7)14-5-8(13)10(14)15/h1-3,8H,5,13H2. The molecule has 4 nitrogen and oxygen atoms in total. The van der Waals surface area contributed by atoms with Crippen molar-refractivity contribution in [3.05, 3.63) is 28.8 Å². The summed E-state index contributed by atoms with van der Waals surface area (Å²) in [4.78, 5) is 12.9. The van der Waals surface area contributed by atoms with E-state index in [1.807, 2.05) is 6.07 Å². The van der Waals surface area contributed by atoms with E-state index in [1.54, 1.807) is 12.1 Å². The normalized spacial score (nSPS) is 19.7. The first-order valence-electron chi connectivity index (χ1n) is 4.40. The van der Waals surface area contributed by atoms with Crippen LogP contribution in [0.15, 0.2) is 18.2 Å². The summed E-state index contributed by atoms with van der Waals surface area (Å²) < 4.78 is 0. The molecule has 1 saturated heterocycles. The largest absolute Gasteiger partial charge is 0.318 e. The summed E-state index contributed by atoms with van der Waals surface area (Å²) in [6.45, 7) is 0.477. The lowest BCUT2D eigenvalue weighted by Crippen LogP contribution is -2.61. The van der Waals surface area contributed by atoms with Crippen LogP contribution < -0.4 is 10.6 Å². The van der Waals surface area contributed by atoms with Gasteiger partial charge in [-0.1, -0.05) is 11.6 Å². The van der Waals surface area contributed by atoms with Crippen LogP contribution >= 0.6 is 11.6 Å². The monoisotopic (exact) mass is 221 g/mol. The van der Waals surface area contributed by atoms with Crippen LogP contribution in [-0.2, 0) is 4.79 Å². The van der Waals surface area contributed by atoms with Crippen LogP contribution in [0.2, 0.25) is 5.02 Å². The first kappa shape index (κ1) is 9.97. The number of nitrogens with zero attached hydrogens (tertiary/aromatic N) is 2. The van der Waals surface area contributed by atoms with Gasteiger partial charge in [0.25, 0.3) is 0 Å². The number of carbonyl (C=O) groups is 1. The Morgan fingerprint density at radius 1 is 1.60 bits per heavy atom. The minimum atomic E-state index is -0.420. The van der Waals surface area contributed by atoms with Crippen LogP contribution in [-0.4, -0.2) is 18.5 Å². The Bertz CT molecular complexity index is 466. The number of anilines is 1. The average Bonchev–Trinajstić information content (AvgIpc) is 2.26. The lowest BCUT2D eigenvalue weighted by atomic mass is 10.1. The molecule has 1 unspecified atom stereocenters. The summed E-state index contributed by atoms with van der Waals surface area (Å²) in [5, 5.41) is 9.05. The van der Waals surface area contributed by atoms with E-state index >= 15 is 0 Å². The predicted octanol–water partition coefficient (Wildman–Crippen LogP) is 0.886. The van der Waals surface area contributed by atoms with Crippen molar-refractivity contribution in [3.8, 4) is 6.07 Å². The van der Waals surface area contributed by atoms with E-state index in [-0.39, 0.29) is 5.91 Å². The van der Waals surface area contributed by atoms with Gasteiger partial charge in [0.15, 0.2) is 0 Å². The van der Waals surface area contributed by atoms with Gasteiger partial charge >= 0.3 is 0 Å². The molecule has 1 amide bonds. The molecule has 2 rings (SSSR count). The van der Waals surface area contributed by atoms with E-state index in [0.29, 0.717) is 22.8 Å². The van der Waals surface area contributed by atoms with Crippen LogP contribution in [0, 0.1) is 11.3 Å². The first-order chi connectivity index (χ1) is 7.13. The van der Waals surface area contributed by atoms with Crippen molar-refractivity contribution < 1.29 is 4.79 Å². The second-order valence-corrected chi connectivity index (χ2v) is 3.74. The molecule has 1 heterocycles. The molecule has 15 heavy (non-hydrogen) atoms. The molecule has 1 aliphatic heterocycles. The summed E-state index contributed by atoms with van der Waals surface area (Å²) >= 11 is 5.94. The summed E-state index contributed by atoms with van der Waals surface area (Å²) in [6, 6.07) is 6.37. The van der Waals surface area contributed by atoms with Crippen LogP contribution in [0.5, 0.6) is 0 Å². The SMILES string of the molecule is N#Cc1ccc(N2CC(N)C2=O)c(Cl)c1. The molecule has 2 N–H and O–H groups in total. The minimum absolute atomic E-state index is 0.137. The molecule has 1 aromatic rings. The van der Waals surface area contributed by atoms with Crippen molar-refractivity contribution in [1.29, 1.82) is 5.26 Å². The van der Waals surface area contributed by atoms with E-state index in [4.69, 9.17) is 22.6 Å². The molecule has 5 heteroatoms. The average molecular weight is 222 g/mol. The summed E-state index contributed by atoms with van der Waals surface area (Å²) in [5.74, 6) is -0.137. The molecule has 1 fully saturated rings. The molecular weight excluding hydrogens is 214 g/mol. The number of rotatable bonds is 1. The highest BCUT2D eigenvalue weighted by molar-refractivity contribution is 6.34. The summed E-state index contributed by atoms with van der Waals surface area (Å²) in [5.41, 5.74) is 6.56. The van der Waals surface area contributed by atoms with E-state index in [9.17, 15) is 4.79 Å². The van der Waals surface area contributed by atoms with Gasteiger partial charge in [0.05, 0.1) is 28.9 Å². The van der Waals surface area contributed by atoms with Gasteiger partial charge in [-0.05, 0) is 18.2 Å². The van der Waals surface area contributed by atoms with Gasteiger partial charge in [0.2, 0.25) is 5.91 Å². The fourth-order valence-electron chi connectivity index (χ4n) is 1.46. The lowest BCUT2D eigenvalue weighted by Gasteiger charge is -2.36. The molecule has 0 aliphatic carbocycles. The van der Waals surface area contributed by atoms with Crippen LogP contribution in [0.3, 0.4) is 0 Å². The lowest BCUT2D eigenvalue weighted by molar-refractivity contribution is -0.123. The number of hydrogen-bond donors (Lipinski definition) is 1. The Balaban J connectivity index is 2.31. The third-order valence-electron chi connectivity index (χ3n) is 2.33. The Morgan fingerprint density at radius 2 is 2.33 bits per heavy atom. The van der Waals surface area contributed by atoms with E-state index in [1.165, 1.54) is 11.0 Å². The second-order valence-electron chi connectivity index (χ2n) is 3.33. The van der Waals surface area contributed by atoms with E-state index in [2.05, 4.69) is 0 Å². The van der Waals surface area contributed by atoms with Gasteiger partial charge in [0.1, 0.15) is 6.04 Å². The molecular formula is C10H8ClN3O. The molecule has 0 spiro atoms. The molecule has 0 saturated carbocycles. The molecule has 1 aromatic carbocycles. The third-order valence-corrected chi connectivity index (χ3v) is 2.63. The second kappa shape index (κ2) is 3.54. The Labute approximate surface area is 91.8 Å². The molecule has 76 valence electrons. The number of nitriles is 1. The first-order valence-corrected chi connectivity index (χ1v) is 4.78. The minimum Gasteiger partial charge on any atom is -0.318 e. The number of carbonyl (C=O) groups excluding carboxylic acids is 1. The molecule has 0 aromatic heterocycles. The predicted molar refractivity (Wildman–Crippen MR) is 56.5 cm³/mol. The van der Waals surface area contributed by atoms with Crippen LogP contribution in [0.25, 0.3) is 0 Å². The maximum Gasteiger partial charge on any atom is 0.245 e. The summed E-state index contributed by atoms with van der Waals surface area (Å²) in [7, 11) is 0. The fraction of sp³-hybridized carbons (Fsp3) is 0.200. The van der Waals surface area contributed by atoms with Crippen molar-refractivity contribution in [1.82, 2.24) is 0 Å². The maximum absolute atomic E-state index is 11.3. The number of nitrogens with two attached hydrogens (primary N) is 1. The van der Waals surface area contributed by atoms with Crippen molar-refractivity contribution in [2.24, 2.45) is 5.73 Å². The Kier molecular flexibility index (Phi) is 2.35. The molecule has 1 aliphatic rings. The zero-order chi connectivity index (χ0) is 11.0. The number of amides is 1. The highest BCUT2D eigenvalue weighted by Gasteiger charge is 2.35. The van der Waals surface area contributed by atoms with Gasteiger partial charge < -0.3 is 10.6 Å². The highest BCUT2D eigenvalue weighted by Crippen LogP contribution is 2.30. The smallest absolute Gasteiger partial charge is 0.245 e. The van der Waals surface area contributed by atoms with Crippen molar-refractivity contribution in [3.63, 3.8) is 0 Å². The Morgan fingerprint density at radius 3 is 2.80 bits per heavy atom. The third kappa shape index (κ3) is 1.56. The van der Waals surface area contributed by atoms with Crippen molar-refractivity contribution in [2.75, 3.05) is 11.4 Å². The number of hydrogen-bond acceptors (Lipinski definition) is 3. The van der Waals surface area contributed by atoms with Crippen LogP contribution in [0.4, 0.5) is 5.69 Å². The number of benzene rings is 1. The molecule has 1 atom stereocenters. The maximum atomic E-state index is 11.3. The van der Waals surface area contributed by atoms with Gasteiger partial charge in [-0.3, -0.25) is 4.79 Å². The number of halogens is 1. The molecule has 0 bridgehead atoms. The van der Waals surface area contributed by atoms with E-state index < -0.39 is 6.04 Å². The number of β-lactam (4-membered cyclic amide) rings is 1. The van der Waals surface area contributed by atoms with Crippen molar-refractivity contribution in [2.45, 2.75) is 6.04 Å². The van der Waals surface area contributed by atoms with E-state index in [0.717, 1.165) is 0 Å². The Hall–Kier alpha value is -1.57. The topological polar surface area (TPSA) is 70.1 Å².